The predicted molar refractivity (Wildman–Crippen MR) is 90.2 cm³/mol. The van der Waals surface area contributed by atoms with Crippen molar-refractivity contribution in [3.05, 3.63) is 59.4 Å². The highest BCUT2D eigenvalue weighted by Crippen LogP contribution is 2.17. The second-order valence-electron chi connectivity index (χ2n) is 5.32. The summed E-state index contributed by atoms with van der Waals surface area (Å²) in [4.78, 5) is 23.4. The van der Waals surface area contributed by atoms with E-state index in [0.717, 1.165) is 16.4 Å². The van der Waals surface area contributed by atoms with Gasteiger partial charge in [0.15, 0.2) is 0 Å². The number of sulfonamides is 1. The molecule has 2 amide bonds. The molecule has 3 N–H and O–H groups in total. The molecule has 0 saturated carbocycles. The van der Waals surface area contributed by atoms with Gasteiger partial charge in [-0.1, -0.05) is 0 Å². The van der Waals surface area contributed by atoms with E-state index in [-0.39, 0.29) is 21.7 Å². The smallest absolute Gasteiger partial charge is 0.255 e. The molecule has 9 heteroatoms. The Balaban J connectivity index is 2.22. The first kappa shape index (κ1) is 18.6. The molecule has 0 bridgehead atoms. The van der Waals surface area contributed by atoms with Gasteiger partial charge in [-0.2, -0.15) is 0 Å². The Morgan fingerprint density at radius 2 is 1.68 bits per heavy atom. The maximum Gasteiger partial charge on any atom is 0.255 e. The third-order valence-corrected chi connectivity index (χ3v) is 5.21. The van der Waals surface area contributed by atoms with Gasteiger partial charge < -0.3 is 11.1 Å². The fourth-order valence-corrected chi connectivity index (χ4v) is 2.89. The lowest BCUT2D eigenvalue weighted by molar-refractivity contribution is 0.0992. The number of rotatable bonds is 5. The summed E-state index contributed by atoms with van der Waals surface area (Å²) in [7, 11) is -0.782. The molecule has 2 rings (SSSR count). The van der Waals surface area contributed by atoms with Gasteiger partial charge in [-0.25, -0.2) is 17.1 Å². The van der Waals surface area contributed by atoms with Crippen LogP contribution in [-0.4, -0.2) is 38.6 Å². The Morgan fingerprint density at radius 1 is 1.08 bits per heavy atom. The van der Waals surface area contributed by atoms with Gasteiger partial charge in [0.05, 0.1) is 10.5 Å². The fraction of sp³-hybridized carbons (Fsp3) is 0.125. The van der Waals surface area contributed by atoms with E-state index >= 15 is 0 Å². The average molecular weight is 365 g/mol. The molecule has 0 aliphatic heterocycles. The van der Waals surface area contributed by atoms with E-state index < -0.39 is 27.7 Å². The molecule has 0 spiro atoms. The number of amides is 2. The van der Waals surface area contributed by atoms with E-state index in [1.54, 1.807) is 0 Å². The SMILES string of the molecule is CN(C)S(=O)(=O)c1ccc(C(=O)Nc2ccc(F)c(C(N)=O)c2)cc1. The van der Waals surface area contributed by atoms with Crippen LogP contribution in [0.5, 0.6) is 0 Å². The predicted octanol–water partition coefficient (Wildman–Crippen LogP) is 1.43. The largest absolute Gasteiger partial charge is 0.366 e. The highest BCUT2D eigenvalue weighted by Gasteiger charge is 2.18. The zero-order chi connectivity index (χ0) is 18.8. The highest BCUT2D eigenvalue weighted by atomic mass is 32.2. The van der Waals surface area contributed by atoms with Gasteiger partial charge in [0.2, 0.25) is 10.0 Å². The van der Waals surface area contributed by atoms with Crippen LogP contribution >= 0.6 is 0 Å². The number of benzene rings is 2. The monoisotopic (exact) mass is 365 g/mol. The molecule has 2 aromatic rings. The lowest BCUT2D eigenvalue weighted by atomic mass is 10.1. The van der Waals surface area contributed by atoms with Crippen LogP contribution in [0.1, 0.15) is 20.7 Å². The molecule has 0 saturated heterocycles. The van der Waals surface area contributed by atoms with Crippen LogP contribution in [0.15, 0.2) is 47.4 Å². The Kier molecular flexibility index (Phi) is 5.19. The van der Waals surface area contributed by atoms with E-state index in [2.05, 4.69) is 5.32 Å². The van der Waals surface area contributed by atoms with Gasteiger partial charge in [-0.05, 0) is 42.5 Å². The van der Waals surface area contributed by atoms with Crippen molar-refractivity contribution in [1.82, 2.24) is 4.31 Å². The maximum absolute atomic E-state index is 13.4. The molecule has 0 aliphatic carbocycles. The Morgan fingerprint density at radius 3 is 2.20 bits per heavy atom. The summed E-state index contributed by atoms with van der Waals surface area (Å²) in [6, 6.07) is 8.75. The molecular weight excluding hydrogens is 349 g/mol. The van der Waals surface area contributed by atoms with Gasteiger partial charge in [0.1, 0.15) is 5.82 Å². The summed E-state index contributed by atoms with van der Waals surface area (Å²) in [5.41, 5.74) is 5.09. The molecule has 25 heavy (non-hydrogen) atoms. The normalized spacial score (nSPS) is 11.4. The summed E-state index contributed by atoms with van der Waals surface area (Å²) in [6.45, 7) is 0. The van der Waals surface area contributed by atoms with Crippen molar-refractivity contribution in [2.24, 2.45) is 5.73 Å². The van der Waals surface area contributed by atoms with Crippen molar-refractivity contribution in [2.75, 3.05) is 19.4 Å². The molecule has 0 fully saturated rings. The Bertz CT molecular complexity index is 925. The standard InChI is InChI=1S/C16H16FN3O4S/c1-20(2)25(23,24)12-6-3-10(4-7-12)16(22)19-11-5-8-14(17)13(9-11)15(18)21/h3-9H,1-2H3,(H2,18,21)(H,19,22). The number of carbonyl (C=O) groups excluding carboxylic acids is 2. The topological polar surface area (TPSA) is 110 Å². The number of anilines is 1. The molecule has 0 aromatic heterocycles. The fourth-order valence-electron chi connectivity index (χ4n) is 1.98. The number of nitrogens with zero attached hydrogens (tertiary/aromatic N) is 1. The van der Waals surface area contributed by atoms with Gasteiger partial charge in [-0.15, -0.1) is 0 Å². The van der Waals surface area contributed by atoms with Crippen LogP contribution in [0, 0.1) is 5.82 Å². The van der Waals surface area contributed by atoms with E-state index in [1.165, 1.54) is 44.4 Å². The third kappa shape index (κ3) is 4.01. The summed E-state index contributed by atoms with van der Waals surface area (Å²) in [6.07, 6.45) is 0. The second kappa shape index (κ2) is 6.99. The number of hydrogen-bond donors (Lipinski definition) is 2. The minimum absolute atomic E-state index is 0.0480. The lowest BCUT2D eigenvalue weighted by Crippen LogP contribution is -2.22. The van der Waals surface area contributed by atoms with Crippen molar-refractivity contribution in [3.8, 4) is 0 Å². The number of halogens is 1. The minimum atomic E-state index is -3.59. The molecule has 7 nitrogen and oxygen atoms in total. The number of nitrogens with one attached hydrogen (secondary N) is 1. The second-order valence-corrected chi connectivity index (χ2v) is 7.48. The number of primary amides is 1. The lowest BCUT2D eigenvalue weighted by Gasteiger charge is -2.12. The average Bonchev–Trinajstić information content (AvgIpc) is 2.56. The van der Waals surface area contributed by atoms with Crippen LogP contribution in [0.25, 0.3) is 0 Å². The molecule has 0 radical (unpaired) electrons. The number of hydrogen-bond acceptors (Lipinski definition) is 4. The molecule has 0 aliphatic rings. The highest BCUT2D eigenvalue weighted by molar-refractivity contribution is 7.89. The summed E-state index contributed by atoms with van der Waals surface area (Å²) in [5.74, 6) is -2.29. The summed E-state index contributed by atoms with van der Waals surface area (Å²) < 4.78 is 38.5. The van der Waals surface area contributed by atoms with Gasteiger partial charge in [0.25, 0.3) is 11.8 Å². The van der Waals surface area contributed by atoms with Gasteiger partial charge >= 0.3 is 0 Å². The van der Waals surface area contributed by atoms with E-state index in [0.29, 0.717) is 0 Å². The van der Waals surface area contributed by atoms with Crippen molar-refractivity contribution in [1.29, 1.82) is 0 Å². The first-order valence-corrected chi connectivity index (χ1v) is 8.50. The molecule has 0 atom stereocenters. The molecule has 132 valence electrons. The Hall–Kier alpha value is -2.78. The third-order valence-electron chi connectivity index (χ3n) is 3.38. The number of nitrogens with two attached hydrogens (primary N) is 1. The summed E-state index contributed by atoms with van der Waals surface area (Å²) in [5, 5.41) is 2.49. The van der Waals surface area contributed by atoms with Crippen LogP contribution in [-0.2, 0) is 10.0 Å². The molecular formula is C16H16FN3O4S. The molecule has 0 unspecified atom stereocenters. The van der Waals surface area contributed by atoms with E-state index in [4.69, 9.17) is 5.73 Å². The van der Waals surface area contributed by atoms with Crippen molar-refractivity contribution in [3.63, 3.8) is 0 Å². The van der Waals surface area contributed by atoms with Crippen molar-refractivity contribution in [2.45, 2.75) is 4.90 Å². The zero-order valence-corrected chi connectivity index (χ0v) is 14.3. The van der Waals surface area contributed by atoms with Crippen LogP contribution in [0.2, 0.25) is 0 Å². The quantitative estimate of drug-likeness (QED) is 0.835. The Labute approximate surface area is 144 Å². The van der Waals surface area contributed by atoms with E-state index in [9.17, 15) is 22.4 Å². The maximum atomic E-state index is 13.4. The first-order chi connectivity index (χ1) is 11.6. The molecule has 2 aromatic carbocycles. The van der Waals surface area contributed by atoms with Crippen LogP contribution in [0.4, 0.5) is 10.1 Å². The van der Waals surface area contributed by atoms with Gasteiger partial charge in [0, 0.05) is 25.3 Å². The van der Waals surface area contributed by atoms with Crippen molar-refractivity contribution < 1.29 is 22.4 Å². The van der Waals surface area contributed by atoms with Gasteiger partial charge in [-0.3, -0.25) is 9.59 Å². The minimum Gasteiger partial charge on any atom is -0.366 e. The van der Waals surface area contributed by atoms with E-state index in [1.807, 2.05) is 0 Å². The van der Waals surface area contributed by atoms with Crippen LogP contribution < -0.4 is 11.1 Å². The summed E-state index contributed by atoms with van der Waals surface area (Å²) >= 11 is 0. The number of carbonyl (C=O) groups is 2. The van der Waals surface area contributed by atoms with Crippen molar-refractivity contribution >= 4 is 27.5 Å². The molecule has 0 heterocycles. The first-order valence-electron chi connectivity index (χ1n) is 7.06. The zero-order valence-electron chi connectivity index (χ0n) is 13.5. The van der Waals surface area contributed by atoms with Crippen LogP contribution in [0.3, 0.4) is 0 Å².